The predicted octanol–water partition coefficient (Wildman–Crippen LogP) is 2.14. The Morgan fingerprint density at radius 2 is 0.737 bits per heavy atom. The monoisotopic (exact) mass is 270 g/mol. The predicted molar refractivity (Wildman–Crippen MR) is 78.4 cm³/mol. The number of benzene rings is 3. The van der Waals surface area contributed by atoms with Gasteiger partial charge in [0, 0.05) is 0 Å². The third kappa shape index (κ3) is 3.44. The van der Waals surface area contributed by atoms with E-state index in [2.05, 4.69) is 84.9 Å². The molecule has 88 valence electrons. The zero-order valence-corrected chi connectivity index (χ0v) is 14.2. The average molecular weight is 270 g/mol. The molecular formula is C18H15K. The number of rotatable bonds is 2. The van der Waals surface area contributed by atoms with Crippen LogP contribution in [0.5, 0.6) is 0 Å². The van der Waals surface area contributed by atoms with Gasteiger partial charge in [0.1, 0.15) is 0 Å². The zero-order chi connectivity index (χ0) is 12.2. The van der Waals surface area contributed by atoms with E-state index in [0.717, 1.165) is 0 Å². The molecule has 0 N–H and O–H groups in total. The molecule has 0 radical (unpaired) electrons. The second kappa shape index (κ2) is 7.18. The number of hydrogen-bond donors (Lipinski definition) is 0. The Balaban J connectivity index is 0.000001000. The van der Waals surface area contributed by atoms with Crippen LogP contribution < -0.4 is 51.4 Å². The van der Waals surface area contributed by atoms with E-state index in [9.17, 15) is 0 Å². The van der Waals surface area contributed by atoms with Gasteiger partial charge in [-0.05, 0) is 22.3 Å². The summed E-state index contributed by atoms with van der Waals surface area (Å²) in [6.45, 7) is 0. The first-order valence-corrected chi connectivity index (χ1v) is 6.15. The molecule has 0 amide bonds. The van der Waals surface area contributed by atoms with Crippen LogP contribution in [0.25, 0.3) is 22.3 Å². The molecular weight excluding hydrogens is 255 g/mol. The van der Waals surface area contributed by atoms with Gasteiger partial charge >= 0.3 is 51.4 Å². The molecule has 0 spiro atoms. The Morgan fingerprint density at radius 1 is 0.421 bits per heavy atom. The van der Waals surface area contributed by atoms with Crippen LogP contribution in [0.3, 0.4) is 0 Å². The SMILES string of the molecule is [H-].[K+].c1ccc(-c2ccccc2-c2ccccc2)cc1. The first-order valence-electron chi connectivity index (χ1n) is 6.15. The van der Waals surface area contributed by atoms with Crippen LogP contribution in [0.15, 0.2) is 84.9 Å². The quantitative estimate of drug-likeness (QED) is 0.626. The van der Waals surface area contributed by atoms with Crippen LogP contribution in [-0.4, -0.2) is 0 Å². The van der Waals surface area contributed by atoms with Crippen molar-refractivity contribution in [3.8, 4) is 22.3 Å². The Kier molecular flexibility index (Phi) is 5.55. The van der Waals surface area contributed by atoms with E-state index in [-0.39, 0.29) is 52.8 Å². The van der Waals surface area contributed by atoms with Crippen LogP contribution in [-0.2, 0) is 0 Å². The minimum atomic E-state index is 0. The minimum Gasteiger partial charge on any atom is -1.00 e. The molecule has 0 unspecified atom stereocenters. The van der Waals surface area contributed by atoms with Gasteiger partial charge in [0.15, 0.2) is 0 Å². The molecule has 0 bridgehead atoms. The minimum absolute atomic E-state index is 0. The maximum absolute atomic E-state index is 2.18. The average Bonchev–Trinajstić information content (AvgIpc) is 2.49. The maximum atomic E-state index is 2.18. The summed E-state index contributed by atoms with van der Waals surface area (Å²) in [5.41, 5.74) is 5.09. The van der Waals surface area contributed by atoms with Crippen molar-refractivity contribution in [2.24, 2.45) is 0 Å². The van der Waals surface area contributed by atoms with Crippen molar-refractivity contribution in [2.45, 2.75) is 0 Å². The molecule has 0 heterocycles. The summed E-state index contributed by atoms with van der Waals surface area (Å²) in [6.07, 6.45) is 0. The molecule has 0 saturated heterocycles. The second-order valence-corrected chi connectivity index (χ2v) is 4.28. The molecule has 0 aliphatic rings. The van der Waals surface area contributed by atoms with E-state index < -0.39 is 0 Å². The van der Waals surface area contributed by atoms with Crippen molar-refractivity contribution >= 4 is 0 Å². The van der Waals surface area contributed by atoms with Gasteiger partial charge in [-0.1, -0.05) is 84.9 Å². The third-order valence-corrected chi connectivity index (χ3v) is 3.10. The van der Waals surface area contributed by atoms with E-state index in [0.29, 0.717) is 0 Å². The molecule has 0 atom stereocenters. The smallest absolute Gasteiger partial charge is 1.00 e. The van der Waals surface area contributed by atoms with Gasteiger partial charge in [0.25, 0.3) is 0 Å². The van der Waals surface area contributed by atoms with E-state index >= 15 is 0 Å². The molecule has 0 aromatic heterocycles. The molecule has 19 heavy (non-hydrogen) atoms. The molecule has 3 aromatic rings. The summed E-state index contributed by atoms with van der Waals surface area (Å²) in [7, 11) is 0. The Morgan fingerprint density at radius 3 is 1.11 bits per heavy atom. The van der Waals surface area contributed by atoms with E-state index in [1.807, 2.05) is 0 Å². The number of hydrogen-bond acceptors (Lipinski definition) is 0. The van der Waals surface area contributed by atoms with Gasteiger partial charge in [0.05, 0.1) is 0 Å². The van der Waals surface area contributed by atoms with Gasteiger partial charge < -0.3 is 1.43 Å². The standard InChI is InChI=1S/C18H14.K.H/c1-3-9-15(10-4-1)17-13-7-8-14-18(17)16-11-5-2-6-12-16;;/h1-14H;;/q;+1;-1. The first kappa shape index (κ1) is 14.7. The van der Waals surface area contributed by atoms with Crippen molar-refractivity contribution in [2.75, 3.05) is 0 Å². The zero-order valence-electron chi connectivity index (χ0n) is 12.1. The first-order chi connectivity index (χ1) is 8.95. The van der Waals surface area contributed by atoms with Gasteiger partial charge in [-0.25, -0.2) is 0 Å². The molecule has 1 heteroatoms. The topological polar surface area (TPSA) is 0 Å². The fourth-order valence-corrected chi connectivity index (χ4v) is 2.22. The third-order valence-electron chi connectivity index (χ3n) is 3.10. The Hall–Kier alpha value is -0.704. The molecule has 0 saturated carbocycles. The summed E-state index contributed by atoms with van der Waals surface area (Å²) >= 11 is 0. The summed E-state index contributed by atoms with van der Waals surface area (Å²) in [5, 5.41) is 0. The fourth-order valence-electron chi connectivity index (χ4n) is 2.22. The van der Waals surface area contributed by atoms with Gasteiger partial charge in [-0.2, -0.15) is 0 Å². The Labute approximate surface area is 158 Å². The van der Waals surface area contributed by atoms with E-state index in [4.69, 9.17) is 0 Å². The summed E-state index contributed by atoms with van der Waals surface area (Å²) in [4.78, 5) is 0. The molecule has 0 nitrogen and oxygen atoms in total. The van der Waals surface area contributed by atoms with E-state index in [1.54, 1.807) is 0 Å². The van der Waals surface area contributed by atoms with Crippen LogP contribution in [0.1, 0.15) is 1.43 Å². The molecule has 3 rings (SSSR count). The van der Waals surface area contributed by atoms with Crippen LogP contribution in [0.2, 0.25) is 0 Å². The summed E-state index contributed by atoms with van der Waals surface area (Å²) in [6, 6.07) is 29.6. The van der Waals surface area contributed by atoms with Crippen molar-refractivity contribution in [1.82, 2.24) is 0 Å². The van der Waals surface area contributed by atoms with Crippen molar-refractivity contribution < 1.29 is 52.8 Å². The fraction of sp³-hybridized carbons (Fsp3) is 0. The maximum Gasteiger partial charge on any atom is 1.00 e. The van der Waals surface area contributed by atoms with Gasteiger partial charge in [-0.3, -0.25) is 0 Å². The summed E-state index contributed by atoms with van der Waals surface area (Å²) < 4.78 is 0. The van der Waals surface area contributed by atoms with Crippen molar-refractivity contribution in [3.63, 3.8) is 0 Å². The molecule has 3 aromatic carbocycles. The van der Waals surface area contributed by atoms with Crippen LogP contribution in [0, 0.1) is 0 Å². The largest absolute Gasteiger partial charge is 1.00 e. The Bertz CT molecular complexity index is 577. The molecule has 0 aliphatic heterocycles. The summed E-state index contributed by atoms with van der Waals surface area (Å²) in [5.74, 6) is 0. The van der Waals surface area contributed by atoms with Crippen molar-refractivity contribution in [1.29, 1.82) is 0 Å². The van der Waals surface area contributed by atoms with E-state index in [1.165, 1.54) is 22.3 Å². The van der Waals surface area contributed by atoms with Gasteiger partial charge in [0.2, 0.25) is 0 Å². The van der Waals surface area contributed by atoms with Crippen molar-refractivity contribution in [3.05, 3.63) is 84.9 Å². The molecule has 0 fully saturated rings. The normalized spacial score (nSPS) is 9.68. The van der Waals surface area contributed by atoms with Crippen LogP contribution >= 0.6 is 0 Å². The van der Waals surface area contributed by atoms with Gasteiger partial charge in [-0.15, -0.1) is 0 Å². The van der Waals surface area contributed by atoms with Crippen LogP contribution in [0.4, 0.5) is 0 Å². The second-order valence-electron chi connectivity index (χ2n) is 4.28. The molecule has 0 aliphatic carbocycles.